The first-order chi connectivity index (χ1) is 12.9. The Balaban J connectivity index is 1.55. The molecule has 0 bridgehead atoms. The first kappa shape index (κ1) is 19.4. The van der Waals surface area contributed by atoms with E-state index in [9.17, 15) is 4.79 Å². The molecule has 9 nitrogen and oxygen atoms in total. The Morgan fingerprint density at radius 2 is 2.22 bits per heavy atom. The van der Waals surface area contributed by atoms with Gasteiger partial charge in [-0.25, -0.2) is 4.98 Å². The van der Waals surface area contributed by atoms with Gasteiger partial charge in [0, 0.05) is 32.9 Å². The van der Waals surface area contributed by atoms with Crippen LogP contribution in [0.25, 0.3) is 0 Å². The van der Waals surface area contributed by atoms with Crippen molar-refractivity contribution in [3.05, 3.63) is 23.6 Å². The van der Waals surface area contributed by atoms with Gasteiger partial charge in [0.25, 0.3) is 0 Å². The van der Waals surface area contributed by atoms with Crippen molar-refractivity contribution in [3.8, 4) is 0 Å². The van der Waals surface area contributed by atoms with Crippen molar-refractivity contribution in [1.82, 2.24) is 29.5 Å². The van der Waals surface area contributed by atoms with Crippen molar-refractivity contribution in [1.29, 1.82) is 0 Å². The van der Waals surface area contributed by atoms with Crippen molar-refractivity contribution in [2.45, 2.75) is 6.42 Å². The Labute approximate surface area is 163 Å². The fourth-order valence-corrected chi connectivity index (χ4v) is 3.16. The topological polar surface area (TPSA) is 91.2 Å². The van der Waals surface area contributed by atoms with Gasteiger partial charge in [-0.1, -0.05) is 11.6 Å². The third-order valence-electron chi connectivity index (χ3n) is 4.35. The molecule has 1 aliphatic heterocycles. The number of likely N-dealkylation sites (tertiary alicyclic amines) is 1. The van der Waals surface area contributed by atoms with Crippen LogP contribution < -0.4 is 10.6 Å². The second-order valence-electron chi connectivity index (χ2n) is 7.03. The summed E-state index contributed by atoms with van der Waals surface area (Å²) in [7, 11) is 5.65. The summed E-state index contributed by atoms with van der Waals surface area (Å²) >= 11 is 6.22. The van der Waals surface area contributed by atoms with Gasteiger partial charge < -0.3 is 20.4 Å². The average Bonchev–Trinajstić information content (AvgIpc) is 3.24. The zero-order valence-corrected chi connectivity index (χ0v) is 16.6. The number of carbonyl (C=O) groups is 1. The van der Waals surface area contributed by atoms with Gasteiger partial charge in [0.1, 0.15) is 5.02 Å². The predicted molar refractivity (Wildman–Crippen MR) is 105 cm³/mol. The Morgan fingerprint density at radius 3 is 2.93 bits per heavy atom. The van der Waals surface area contributed by atoms with Crippen LogP contribution in [0, 0.1) is 5.92 Å². The quantitative estimate of drug-likeness (QED) is 0.736. The van der Waals surface area contributed by atoms with Crippen LogP contribution in [0.15, 0.2) is 18.6 Å². The summed E-state index contributed by atoms with van der Waals surface area (Å²) in [5.74, 6) is 1.57. The molecule has 1 unspecified atom stereocenters. The van der Waals surface area contributed by atoms with Crippen LogP contribution in [0.3, 0.4) is 0 Å². The summed E-state index contributed by atoms with van der Waals surface area (Å²) in [5, 5.41) is 11.0. The maximum Gasteiger partial charge on any atom is 0.236 e. The second kappa shape index (κ2) is 8.53. The number of rotatable bonds is 7. The van der Waals surface area contributed by atoms with Crippen molar-refractivity contribution < 1.29 is 4.79 Å². The minimum Gasteiger partial charge on any atom is -0.368 e. The number of anilines is 3. The van der Waals surface area contributed by atoms with Gasteiger partial charge in [0.05, 0.1) is 24.6 Å². The molecule has 1 atom stereocenters. The van der Waals surface area contributed by atoms with Crippen molar-refractivity contribution in [2.24, 2.45) is 13.0 Å². The number of likely N-dealkylation sites (N-methyl/N-ethyl adjacent to an activating group) is 1. The maximum absolute atomic E-state index is 12.2. The molecule has 1 amide bonds. The van der Waals surface area contributed by atoms with Crippen LogP contribution in [0.1, 0.15) is 6.42 Å². The number of carbonyl (C=O) groups excluding carboxylic acids is 1. The molecule has 10 heteroatoms. The molecule has 27 heavy (non-hydrogen) atoms. The van der Waals surface area contributed by atoms with Gasteiger partial charge in [-0.2, -0.15) is 10.1 Å². The first-order valence-corrected chi connectivity index (χ1v) is 9.23. The highest BCUT2D eigenvalue weighted by atomic mass is 35.5. The monoisotopic (exact) mass is 392 g/mol. The molecule has 3 rings (SSSR count). The Hall–Kier alpha value is -2.39. The van der Waals surface area contributed by atoms with Gasteiger partial charge >= 0.3 is 0 Å². The molecule has 0 aromatic carbocycles. The molecule has 0 spiro atoms. The molecular formula is C17H25ClN8O. The molecule has 2 aromatic heterocycles. The largest absolute Gasteiger partial charge is 0.368 e. The standard InChI is InChI=1S/C17H25ClN8O/c1-24(2)11-15(27)26-5-4-12(9-26)6-19-16-14(18)8-20-17(23-16)22-13-7-21-25(3)10-13/h7-8,10,12H,4-6,9,11H2,1-3H3,(H2,19,20,22,23). The zero-order valence-electron chi connectivity index (χ0n) is 15.8. The second-order valence-corrected chi connectivity index (χ2v) is 7.44. The van der Waals surface area contributed by atoms with E-state index in [1.54, 1.807) is 17.1 Å². The summed E-state index contributed by atoms with van der Waals surface area (Å²) in [6.45, 7) is 2.70. The number of amides is 1. The molecule has 2 aromatic rings. The lowest BCUT2D eigenvalue weighted by Crippen LogP contribution is -2.36. The molecular weight excluding hydrogens is 368 g/mol. The first-order valence-electron chi connectivity index (χ1n) is 8.85. The summed E-state index contributed by atoms with van der Waals surface area (Å²) in [6, 6.07) is 0. The van der Waals surface area contributed by atoms with Crippen molar-refractivity contribution in [2.75, 3.05) is 50.9 Å². The summed E-state index contributed by atoms with van der Waals surface area (Å²) < 4.78 is 1.70. The summed E-state index contributed by atoms with van der Waals surface area (Å²) in [6.07, 6.45) is 6.07. The Bertz CT molecular complexity index is 793. The average molecular weight is 393 g/mol. The van der Waals surface area contributed by atoms with Crippen LogP contribution >= 0.6 is 11.6 Å². The number of aromatic nitrogens is 4. The van der Waals surface area contributed by atoms with Gasteiger partial charge in [-0.15, -0.1) is 0 Å². The zero-order chi connectivity index (χ0) is 19.4. The highest BCUT2D eigenvalue weighted by Gasteiger charge is 2.26. The van der Waals surface area contributed by atoms with E-state index in [0.717, 1.165) is 25.2 Å². The SMILES string of the molecule is CN(C)CC(=O)N1CCC(CNc2nc(Nc3cnn(C)c3)ncc2Cl)C1. The third-order valence-corrected chi connectivity index (χ3v) is 4.63. The van der Waals surface area contributed by atoms with E-state index < -0.39 is 0 Å². The molecule has 1 saturated heterocycles. The van der Waals surface area contributed by atoms with Crippen LogP contribution in [0.4, 0.5) is 17.5 Å². The molecule has 0 radical (unpaired) electrons. The van der Waals surface area contributed by atoms with Crippen molar-refractivity contribution in [3.63, 3.8) is 0 Å². The lowest BCUT2D eigenvalue weighted by atomic mass is 10.1. The van der Waals surface area contributed by atoms with Gasteiger partial charge in [-0.3, -0.25) is 9.48 Å². The number of aryl methyl sites for hydroxylation is 1. The highest BCUT2D eigenvalue weighted by Crippen LogP contribution is 2.23. The van der Waals surface area contributed by atoms with Crippen molar-refractivity contribution >= 4 is 35.0 Å². The Morgan fingerprint density at radius 1 is 1.41 bits per heavy atom. The van der Waals surface area contributed by atoms with E-state index in [1.807, 2.05) is 37.1 Å². The predicted octanol–water partition coefficient (Wildman–Crippen LogP) is 1.43. The third kappa shape index (κ3) is 5.30. The fourth-order valence-electron chi connectivity index (χ4n) is 3.00. The Kier molecular flexibility index (Phi) is 6.12. The normalized spacial score (nSPS) is 16.8. The van der Waals surface area contributed by atoms with Gasteiger partial charge in [0.2, 0.25) is 11.9 Å². The smallest absolute Gasteiger partial charge is 0.236 e. The summed E-state index contributed by atoms with van der Waals surface area (Å²) in [5.41, 5.74) is 0.802. The highest BCUT2D eigenvalue weighted by molar-refractivity contribution is 6.32. The number of hydrogen-bond acceptors (Lipinski definition) is 7. The molecule has 2 N–H and O–H groups in total. The molecule has 3 heterocycles. The van der Waals surface area contributed by atoms with E-state index in [1.165, 1.54) is 0 Å². The van der Waals surface area contributed by atoms with E-state index >= 15 is 0 Å². The number of nitrogens with zero attached hydrogens (tertiary/aromatic N) is 6. The minimum atomic E-state index is 0.172. The van der Waals surface area contributed by atoms with Gasteiger partial charge in [-0.05, 0) is 26.4 Å². The molecule has 1 fully saturated rings. The molecule has 146 valence electrons. The van der Waals surface area contributed by atoms with E-state index in [2.05, 4.69) is 25.7 Å². The van der Waals surface area contributed by atoms with E-state index in [4.69, 9.17) is 11.6 Å². The van der Waals surface area contributed by atoms with Crippen LogP contribution in [-0.2, 0) is 11.8 Å². The van der Waals surface area contributed by atoms with Crippen LogP contribution in [0.5, 0.6) is 0 Å². The molecule has 1 aliphatic rings. The minimum absolute atomic E-state index is 0.172. The molecule has 0 aliphatic carbocycles. The van der Waals surface area contributed by atoms with Crippen LogP contribution in [-0.4, -0.2) is 75.7 Å². The summed E-state index contributed by atoms with van der Waals surface area (Å²) in [4.78, 5) is 24.6. The number of hydrogen-bond donors (Lipinski definition) is 2. The fraction of sp³-hybridized carbons (Fsp3) is 0.529. The molecule has 0 saturated carbocycles. The number of nitrogens with one attached hydrogen (secondary N) is 2. The number of halogens is 1. The van der Waals surface area contributed by atoms with Gasteiger partial charge in [0.15, 0.2) is 5.82 Å². The van der Waals surface area contributed by atoms with E-state index in [-0.39, 0.29) is 5.91 Å². The van der Waals surface area contributed by atoms with Crippen LogP contribution in [0.2, 0.25) is 5.02 Å². The van der Waals surface area contributed by atoms with E-state index in [0.29, 0.717) is 35.8 Å². The lowest BCUT2D eigenvalue weighted by molar-refractivity contribution is -0.130. The lowest BCUT2D eigenvalue weighted by Gasteiger charge is -2.19. The maximum atomic E-state index is 12.2.